The van der Waals surface area contributed by atoms with Crippen molar-refractivity contribution in [3.63, 3.8) is 0 Å². The topological polar surface area (TPSA) is 64.3 Å². The Kier molecular flexibility index (Phi) is 4.99. The van der Waals surface area contributed by atoms with Crippen LogP contribution in [0.15, 0.2) is 29.6 Å². The number of benzene rings is 1. The number of nitrogens with one attached hydrogen (secondary N) is 1. The van der Waals surface area contributed by atoms with Crippen molar-refractivity contribution < 1.29 is 9.53 Å². The van der Waals surface area contributed by atoms with Crippen LogP contribution in [0.2, 0.25) is 0 Å². The van der Waals surface area contributed by atoms with Crippen molar-refractivity contribution in [1.29, 1.82) is 0 Å². The molecule has 1 aromatic heterocycles. The van der Waals surface area contributed by atoms with E-state index in [4.69, 9.17) is 10.5 Å². The third-order valence-corrected chi connectivity index (χ3v) is 3.62. The number of amides is 1. The zero-order valence-electron chi connectivity index (χ0n) is 11.9. The van der Waals surface area contributed by atoms with Crippen LogP contribution in [0.3, 0.4) is 0 Å². The third-order valence-electron chi connectivity index (χ3n) is 2.78. The molecular weight excluding hydrogens is 284 g/mol. The van der Waals surface area contributed by atoms with Crippen LogP contribution in [0.5, 0.6) is 5.75 Å². The molecule has 0 radical (unpaired) electrons. The lowest BCUT2D eigenvalue weighted by atomic mass is 10.2. The van der Waals surface area contributed by atoms with Gasteiger partial charge in [-0.1, -0.05) is 17.9 Å². The van der Waals surface area contributed by atoms with E-state index in [1.165, 1.54) is 11.3 Å². The van der Waals surface area contributed by atoms with E-state index in [1.54, 1.807) is 18.6 Å². The maximum atomic E-state index is 12.2. The van der Waals surface area contributed by atoms with Gasteiger partial charge in [-0.2, -0.15) is 0 Å². The minimum absolute atomic E-state index is 0.184. The van der Waals surface area contributed by atoms with Gasteiger partial charge in [0.1, 0.15) is 5.75 Å². The highest BCUT2D eigenvalue weighted by Crippen LogP contribution is 2.26. The molecule has 0 unspecified atom stereocenters. The molecule has 0 bridgehead atoms. The standard InChI is InChI=1S/C16H16N2O2S/c1-11-5-6-15(20-2)14(8-11)18-16(19)12-9-13(21-10-12)4-3-7-17/h5-6,8-10H,7,17H2,1-2H3,(H,18,19). The lowest BCUT2D eigenvalue weighted by molar-refractivity contribution is 0.102. The van der Waals surface area contributed by atoms with Gasteiger partial charge in [0.2, 0.25) is 0 Å². The quantitative estimate of drug-likeness (QED) is 0.856. The monoisotopic (exact) mass is 300 g/mol. The number of thiophene rings is 1. The largest absolute Gasteiger partial charge is 0.495 e. The molecule has 0 fully saturated rings. The van der Waals surface area contributed by atoms with Crippen LogP contribution < -0.4 is 15.8 Å². The second kappa shape index (κ2) is 6.93. The Morgan fingerprint density at radius 2 is 2.24 bits per heavy atom. The Morgan fingerprint density at radius 1 is 1.43 bits per heavy atom. The van der Waals surface area contributed by atoms with Crippen molar-refractivity contribution in [3.05, 3.63) is 45.6 Å². The molecule has 21 heavy (non-hydrogen) atoms. The van der Waals surface area contributed by atoms with Crippen LogP contribution in [-0.4, -0.2) is 19.6 Å². The summed E-state index contributed by atoms with van der Waals surface area (Å²) in [5.41, 5.74) is 7.61. The molecule has 0 saturated carbocycles. The summed E-state index contributed by atoms with van der Waals surface area (Å²) in [5.74, 6) is 6.13. The minimum atomic E-state index is -0.184. The highest BCUT2D eigenvalue weighted by atomic mass is 32.1. The van der Waals surface area contributed by atoms with Gasteiger partial charge >= 0.3 is 0 Å². The van der Waals surface area contributed by atoms with Crippen LogP contribution in [0.25, 0.3) is 0 Å². The first-order valence-corrected chi connectivity index (χ1v) is 7.25. The molecule has 3 N–H and O–H groups in total. The van der Waals surface area contributed by atoms with Gasteiger partial charge < -0.3 is 15.8 Å². The molecule has 0 spiro atoms. The average molecular weight is 300 g/mol. The first-order chi connectivity index (χ1) is 10.1. The van der Waals surface area contributed by atoms with Gasteiger partial charge in [0.15, 0.2) is 0 Å². The first-order valence-electron chi connectivity index (χ1n) is 6.37. The number of anilines is 1. The Morgan fingerprint density at radius 3 is 2.95 bits per heavy atom. The number of hydrogen-bond acceptors (Lipinski definition) is 4. The van der Waals surface area contributed by atoms with Gasteiger partial charge in [-0.05, 0) is 30.7 Å². The van der Waals surface area contributed by atoms with Gasteiger partial charge in [0.25, 0.3) is 5.91 Å². The summed E-state index contributed by atoms with van der Waals surface area (Å²) in [6.07, 6.45) is 0. The van der Waals surface area contributed by atoms with Crippen molar-refractivity contribution >= 4 is 22.9 Å². The Hall–Kier alpha value is -2.29. The van der Waals surface area contributed by atoms with Crippen LogP contribution in [0.4, 0.5) is 5.69 Å². The summed E-state index contributed by atoms with van der Waals surface area (Å²) < 4.78 is 5.25. The predicted molar refractivity (Wildman–Crippen MR) is 85.9 cm³/mol. The van der Waals surface area contributed by atoms with Gasteiger partial charge in [-0.15, -0.1) is 11.3 Å². The van der Waals surface area contributed by atoms with Crippen molar-refractivity contribution in [2.45, 2.75) is 6.92 Å². The predicted octanol–water partition coefficient (Wildman–Crippen LogP) is 2.63. The van der Waals surface area contributed by atoms with E-state index >= 15 is 0 Å². The normalized spacial score (nSPS) is 9.67. The number of nitrogens with two attached hydrogens (primary N) is 1. The lowest BCUT2D eigenvalue weighted by Crippen LogP contribution is -2.11. The van der Waals surface area contributed by atoms with E-state index in [1.807, 2.05) is 25.1 Å². The van der Waals surface area contributed by atoms with Crippen molar-refractivity contribution in [2.24, 2.45) is 5.73 Å². The van der Waals surface area contributed by atoms with E-state index in [0.29, 0.717) is 23.5 Å². The number of rotatable bonds is 3. The van der Waals surface area contributed by atoms with Crippen LogP contribution >= 0.6 is 11.3 Å². The second-order valence-corrected chi connectivity index (χ2v) is 5.27. The van der Waals surface area contributed by atoms with Crippen LogP contribution in [-0.2, 0) is 0 Å². The summed E-state index contributed by atoms with van der Waals surface area (Å²) in [5, 5.41) is 4.63. The van der Waals surface area contributed by atoms with E-state index in [-0.39, 0.29) is 5.91 Å². The fourth-order valence-electron chi connectivity index (χ4n) is 1.77. The highest BCUT2D eigenvalue weighted by Gasteiger charge is 2.11. The molecule has 4 nitrogen and oxygen atoms in total. The number of aryl methyl sites for hydroxylation is 1. The fourth-order valence-corrected chi connectivity index (χ4v) is 2.53. The van der Waals surface area contributed by atoms with Crippen LogP contribution in [0.1, 0.15) is 20.8 Å². The SMILES string of the molecule is COc1ccc(C)cc1NC(=O)c1csc(C#CCN)c1. The molecule has 0 saturated heterocycles. The van der Waals surface area contributed by atoms with Gasteiger partial charge in [-0.3, -0.25) is 4.79 Å². The molecule has 2 rings (SSSR count). The van der Waals surface area contributed by atoms with Crippen molar-refractivity contribution in [3.8, 4) is 17.6 Å². The zero-order valence-corrected chi connectivity index (χ0v) is 12.7. The number of ether oxygens (including phenoxy) is 1. The molecule has 1 amide bonds. The van der Waals surface area contributed by atoms with E-state index < -0.39 is 0 Å². The zero-order chi connectivity index (χ0) is 15.2. The Labute approximate surface area is 127 Å². The molecule has 108 valence electrons. The summed E-state index contributed by atoms with van der Waals surface area (Å²) in [6.45, 7) is 2.26. The number of carbonyl (C=O) groups excluding carboxylic acids is 1. The molecule has 1 heterocycles. The average Bonchev–Trinajstić information content (AvgIpc) is 2.94. The molecule has 1 aromatic carbocycles. The smallest absolute Gasteiger partial charge is 0.256 e. The minimum Gasteiger partial charge on any atom is -0.495 e. The Balaban J connectivity index is 2.18. The van der Waals surface area contributed by atoms with Crippen molar-refractivity contribution in [2.75, 3.05) is 19.0 Å². The second-order valence-electron chi connectivity index (χ2n) is 4.36. The molecule has 0 aliphatic heterocycles. The third kappa shape index (κ3) is 3.85. The maximum Gasteiger partial charge on any atom is 0.256 e. The molecule has 0 atom stereocenters. The highest BCUT2D eigenvalue weighted by molar-refractivity contribution is 7.10. The first kappa shape index (κ1) is 15.1. The molecular formula is C16H16N2O2S. The van der Waals surface area contributed by atoms with E-state index in [9.17, 15) is 4.79 Å². The number of methoxy groups -OCH3 is 1. The maximum absolute atomic E-state index is 12.2. The van der Waals surface area contributed by atoms with E-state index in [0.717, 1.165) is 10.4 Å². The van der Waals surface area contributed by atoms with Crippen LogP contribution in [0, 0.1) is 18.8 Å². The molecule has 0 aliphatic rings. The molecule has 0 aliphatic carbocycles. The fraction of sp³-hybridized carbons (Fsp3) is 0.188. The van der Waals surface area contributed by atoms with Crippen molar-refractivity contribution in [1.82, 2.24) is 0 Å². The summed E-state index contributed by atoms with van der Waals surface area (Å²) in [6, 6.07) is 7.39. The lowest BCUT2D eigenvalue weighted by Gasteiger charge is -2.10. The summed E-state index contributed by atoms with van der Waals surface area (Å²) in [4.78, 5) is 13.1. The van der Waals surface area contributed by atoms with E-state index in [2.05, 4.69) is 17.2 Å². The molecule has 5 heteroatoms. The van der Waals surface area contributed by atoms with Gasteiger partial charge in [0, 0.05) is 5.38 Å². The summed E-state index contributed by atoms with van der Waals surface area (Å²) >= 11 is 1.42. The number of carbonyl (C=O) groups is 1. The summed E-state index contributed by atoms with van der Waals surface area (Å²) in [7, 11) is 1.57. The Bertz CT molecular complexity index is 711. The van der Waals surface area contributed by atoms with Gasteiger partial charge in [-0.25, -0.2) is 0 Å². The van der Waals surface area contributed by atoms with Gasteiger partial charge in [0.05, 0.1) is 29.8 Å². The number of hydrogen-bond donors (Lipinski definition) is 2. The molecule has 2 aromatic rings.